The topological polar surface area (TPSA) is 83.2 Å². The molecule has 33 heavy (non-hydrogen) atoms. The molecule has 174 valence electrons. The van der Waals surface area contributed by atoms with Crippen molar-refractivity contribution in [2.45, 2.75) is 52.6 Å². The Hall–Kier alpha value is -3.19. The number of halogens is 1. The minimum absolute atomic E-state index is 0.132. The van der Waals surface area contributed by atoms with Gasteiger partial charge in [0.05, 0.1) is 6.61 Å². The Morgan fingerprint density at radius 2 is 1.79 bits per heavy atom. The minimum Gasteiger partial charge on any atom is -0.465 e. The molecule has 3 aromatic rings. The van der Waals surface area contributed by atoms with Crippen molar-refractivity contribution >= 4 is 23.4 Å². The molecule has 0 fully saturated rings. The molecule has 0 unspecified atom stereocenters. The fourth-order valence-corrected chi connectivity index (χ4v) is 3.84. The van der Waals surface area contributed by atoms with Crippen molar-refractivity contribution < 1.29 is 14.3 Å². The van der Waals surface area contributed by atoms with Crippen molar-refractivity contribution in [3.8, 4) is 11.4 Å². The van der Waals surface area contributed by atoms with Crippen LogP contribution in [0.3, 0.4) is 0 Å². The smallest absolute Gasteiger partial charge is 0.347 e. The number of ether oxygens (including phenoxy) is 1. The van der Waals surface area contributed by atoms with E-state index < -0.39 is 17.1 Å². The summed E-state index contributed by atoms with van der Waals surface area (Å²) in [5.74, 6) is -0.413. The van der Waals surface area contributed by atoms with E-state index in [0.29, 0.717) is 10.6 Å². The van der Waals surface area contributed by atoms with Crippen LogP contribution in [0.1, 0.15) is 38.3 Å². The van der Waals surface area contributed by atoms with Gasteiger partial charge in [0.25, 0.3) is 0 Å². The molecule has 3 rings (SSSR count). The molecule has 0 radical (unpaired) electrons. The van der Waals surface area contributed by atoms with Crippen LogP contribution in [-0.4, -0.2) is 32.7 Å². The molecule has 0 spiro atoms. The molecule has 0 atom stereocenters. The van der Waals surface area contributed by atoms with E-state index in [1.807, 2.05) is 39.0 Å². The fourth-order valence-electron chi connectivity index (χ4n) is 3.72. The van der Waals surface area contributed by atoms with Gasteiger partial charge >= 0.3 is 11.7 Å². The zero-order valence-electron chi connectivity index (χ0n) is 19.3. The van der Waals surface area contributed by atoms with Crippen molar-refractivity contribution in [1.29, 1.82) is 0 Å². The molecule has 0 amide bonds. The average Bonchev–Trinajstić information content (AvgIpc) is 3.03. The van der Waals surface area contributed by atoms with Crippen molar-refractivity contribution in [3.63, 3.8) is 0 Å². The van der Waals surface area contributed by atoms with Gasteiger partial charge in [-0.2, -0.15) is 0 Å². The number of hydrogen-bond donors (Lipinski definition) is 0. The summed E-state index contributed by atoms with van der Waals surface area (Å²) in [6.45, 7) is 7.42. The van der Waals surface area contributed by atoms with Gasteiger partial charge < -0.3 is 4.74 Å². The van der Waals surface area contributed by atoms with Gasteiger partial charge in [0, 0.05) is 17.0 Å². The maximum atomic E-state index is 13.1. The fraction of sp³-hybridized carbons (Fsp3) is 0.360. The molecule has 0 saturated carbocycles. The van der Waals surface area contributed by atoms with Crippen molar-refractivity contribution in [2.24, 2.45) is 0 Å². The Bertz CT molecular complexity index is 1210. The first-order valence-electron chi connectivity index (χ1n) is 10.8. The van der Waals surface area contributed by atoms with Gasteiger partial charge in [-0.15, -0.1) is 5.10 Å². The second-order valence-corrected chi connectivity index (χ2v) is 9.07. The van der Waals surface area contributed by atoms with Crippen LogP contribution in [0.2, 0.25) is 5.02 Å². The van der Waals surface area contributed by atoms with E-state index >= 15 is 0 Å². The van der Waals surface area contributed by atoms with Crippen molar-refractivity contribution in [2.75, 3.05) is 6.61 Å². The van der Waals surface area contributed by atoms with Gasteiger partial charge in [-0.25, -0.2) is 9.48 Å². The highest BCUT2D eigenvalue weighted by molar-refractivity contribution is 6.30. The molecule has 7 nitrogen and oxygen atoms in total. The number of benzene rings is 2. The Labute approximate surface area is 197 Å². The Balaban J connectivity index is 1.89. The molecule has 0 aliphatic heterocycles. The monoisotopic (exact) mass is 469 g/mol. The number of hydrogen-bond acceptors (Lipinski definition) is 5. The molecular weight excluding hydrogens is 442 g/mol. The standard InChI is InChI=1S/C25H28ClN3O4/c1-5-33-22(31)16-28-23(18-9-11-20(26)12-10-18)27-29(24(28)32)15-21(30)14-25(3,4)19-8-6-7-17(2)13-19/h6-13H,5,14-16H2,1-4H3. The summed E-state index contributed by atoms with van der Waals surface area (Å²) in [7, 11) is 0. The number of Topliss-reactive ketones (excluding diaryl/α,β-unsaturated/α-hetero) is 1. The number of ketones is 1. The van der Waals surface area contributed by atoms with Gasteiger partial charge in [0.2, 0.25) is 0 Å². The molecule has 0 bridgehead atoms. The molecule has 2 aromatic carbocycles. The van der Waals surface area contributed by atoms with Crippen LogP contribution in [0, 0.1) is 6.92 Å². The van der Waals surface area contributed by atoms with Crippen molar-refractivity contribution in [3.05, 3.63) is 75.2 Å². The van der Waals surface area contributed by atoms with Crippen LogP contribution >= 0.6 is 11.6 Å². The molecular formula is C25H28ClN3O4. The second kappa shape index (κ2) is 10.2. The third-order valence-electron chi connectivity index (χ3n) is 5.38. The third-order valence-corrected chi connectivity index (χ3v) is 5.63. The highest BCUT2D eigenvalue weighted by Crippen LogP contribution is 2.28. The zero-order valence-corrected chi connectivity index (χ0v) is 20.1. The number of rotatable bonds is 9. The lowest BCUT2D eigenvalue weighted by Gasteiger charge is -2.24. The van der Waals surface area contributed by atoms with Crippen LogP contribution in [0.4, 0.5) is 0 Å². The van der Waals surface area contributed by atoms with E-state index in [0.717, 1.165) is 15.8 Å². The summed E-state index contributed by atoms with van der Waals surface area (Å²) < 4.78 is 7.33. The van der Waals surface area contributed by atoms with E-state index in [1.54, 1.807) is 31.2 Å². The molecule has 0 aliphatic carbocycles. The lowest BCUT2D eigenvalue weighted by atomic mass is 9.79. The summed E-state index contributed by atoms with van der Waals surface area (Å²) in [4.78, 5) is 38.1. The highest BCUT2D eigenvalue weighted by atomic mass is 35.5. The second-order valence-electron chi connectivity index (χ2n) is 8.63. The quantitative estimate of drug-likeness (QED) is 0.439. The van der Waals surface area contributed by atoms with Crippen molar-refractivity contribution in [1.82, 2.24) is 14.3 Å². The Kier molecular flexibility index (Phi) is 7.53. The lowest BCUT2D eigenvalue weighted by Crippen LogP contribution is -2.32. The summed E-state index contributed by atoms with van der Waals surface area (Å²) in [6, 6.07) is 14.8. The zero-order chi connectivity index (χ0) is 24.2. The van der Waals surface area contributed by atoms with Gasteiger partial charge in [0.1, 0.15) is 13.1 Å². The molecule has 1 aromatic heterocycles. The SMILES string of the molecule is CCOC(=O)Cn1c(-c2ccc(Cl)cc2)nn(CC(=O)CC(C)(C)c2cccc(C)c2)c1=O. The maximum Gasteiger partial charge on any atom is 0.347 e. The Morgan fingerprint density at radius 3 is 2.42 bits per heavy atom. The van der Waals surface area contributed by atoms with E-state index in [4.69, 9.17) is 16.3 Å². The number of esters is 1. The first kappa shape index (κ1) is 24.5. The normalized spacial score (nSPS) is 11.4. The van der Waals surface area contributed by atoms with Crippen LogP contribution in [0.5, 0.6) is 0 Å². The summed E-state index contributed by atoms with van der Waals surface area (Å²) in [6.07, 6.45) is 0.240. The molecule has 0 aliphatic rings. The highest BCUT2D eigenvalue weighted by Gasteiger charge is 2.26. The van der Waals surface area contributed by atoms with Gasteiger partial charge in [-0.3, -0.25) is 14.2 Å². The number of aromatic nitrogens is 3. The summed E-state index contributed by atoms with van der Waals surface area (Å²) in [5, 5.41) is 4.91. The Morgan fingerprint density at radius 1 is 1.09 bits per heavy atom. The van der Waals surface area contributed by atoms with Crippen LogP contribution in [0.15, 0.2) is 53.3 Å². The molecule has 1 heterocycles. The predicted octanol–water partition coefficient (Wildman–Crippen LogP) is 4.17. The van der Waals surface area contributed by atoms with Crippen LogP contribution in [0.25, 0.3) is 11.4 Å². The first-order chi connectivity index (χ1) is 15.6. The lowest BCUT2D eigenvalue weighted by molar-refractivity contribution is -0.143. The van der Waals surface area contributed by atoms with E-state index in [2.05, 4.69) is 11.2 Å². The average molecular weight is 470 g/mol. The van der Waals surface area contributed by atoms with Gasteiger partial charge in [0.15, 0.2) is 11.6 Å². The molecule has 0 saturated heterocycles. The first-order valence-corrected chi connectivity index (χ1v) is 11.2. The number of aryl methyl sites for hydroxylation is 1. The maximum absolute atomic E-state index is 13.1. The van der Waals surface area contributed by atoms with E-state index in [1.165, 1.54) is 4.57 Å². The summed E-state index contributed by atoms with van der Waals surface area (Å²) >= 11 is 5.98. The predicted molar refractivity (Wildman–Crippen MR) is 127 cm³/mol. The number of nitrogens with zero attached hydrogens (tertiary/aromatic N) is 3. The largest absolute Gasteiger partial charge is 0.465 e. The van der Waals surface area contributed by atoms with Crippen LogP contribution < -0.4 is 5.69 Å². The minimum atomic E-state index is -0.554. The van der Waals surface area contributed by atoms with E-state index in [9.17, 15) is 14.4 Å². The summed E-state index contributed by atoms with van der Waals surface area (Å²) in [5.41, 5.74) is 1.83. The van der Waals surface area contributed by atoms with Gasteiger partial charge in [-0.1, -0.05) is 55.3 Å². The molecule has 0 N–H and O–H groups in total. The van der Waals surface area contributed by atoms with Crippen LogP contribution in [-0.2, 0) is 32.8 Å². The third kappa shape index (κ3) is 5.99. The van der Waals surface area contributed by atoms with Gasteiger partial charge in [-0.05, 0) is 49.1 Å². The molecule has 8 heteroatoms. The number of carbonyl (C=O) groups excluding carboxylic acids is 2. The number of carbonyl (C=O) groups is 2. The van der Waals surface area contributed by atoms with E-state index in [-0.39, 0.29) is 37.7 Å².